The molecule has 1 saturated carbocycles. The first kappa shape index (κ1) is 15.6. The fourth-order valence-corrected chi connectivity index (χ4v) is 1.64. The van der Waals surface area contributed by atoms with Crippen molar-refractivity contribution in [1.82, 2.24) is 10.6 Å². The van der Waals surface area contributed by atoms with E-state index >= 15 is 0 Å². The van der Waals surface area contributed by atoms with Gasteiger partial charge in [0.2, 0.25) is 0 Å². The number of amides is 2. The van der Waals surface area contributed by atoms with Gasteiger partial charge in [0.25, 0.3) is 0 Å². The number of hydrogen-bond donors (Lipinski definition) is 3. The number of urea groups is 1. The lowest BCUT2D eigenvalue weighted by atomic mass is 9.87. The molecule has 0 aromatic rings. The van der Waals surface area contributed by atoms with E-state index in [-0.39, 0.29) is 12.8 Å². The minimum atomic E-state index is -4.52. The van der Waals surface area contributed by atoms with E-state index < -0.39 is 35.2 Å². The van der Waals surface area contributed by atoms with Gasteiger partial charge in [0, 0.05) is 0 Å². The fourth-order valence-electron chi connectivity index (χ4n) is 1.64. The number of aliphatic carboxylic acids is 1. The Balaban J connectivity index is 2.68. The van der Waals surface area contributed by atoms with Gasteiger partial charge in [-0.05, 0) is 18.3 Å². The second kappa shape index (κ2) is 4.57. The maximum absolute atomic E-state index is 12.6. The minimum Gasteiger partial charge on any atom is -0.480 e. The van der Waals surface area contributed by atoms with E-state index in [1.807, 2.05) is 5.32 Å². The lowest BCUT2D eigenvalue weighted by Crippen LogP contribution is -2.57. The monoisotopic (exact) mass is 282 g/mol. The second-order valence-corrected chi connectivity index (χ2v) is 5.82. The molecule has 1 atom stereocenters. The summed E-state index contributed by atoms with van der Waals surface area (Å²) < 4.78 is 37.9. The van der Waals surface area contributed by atoms with Gasteiger partial charge >= 0.3 is 18.2 Å². The summed E-state index contributed by atoms with van der Waals surface area (Å²) in [6, 6.07) is -2.38. The van der Waals surface area contributed by atoms with Crippen molar-refractivity contribution in [2.75, 3.05) is 0 Å². The highest BCUT2D eigenvalue weighted by molar-refractivity contribution is 5.83. The molecule has 1 rings (SSSR count). The molecule has 0 aromatic carbocycles. The van der Waals surface area contributed by atoms with Crippen LogP contribution >= 0.6 is 0 Å². The molecule has 8 heteroatoms. The molecule has 0 heterocycles. The zero-order chi connectivity index (χ0) is 15.1. The average Bonchev–Trinajstić information content (AvgIpc) is 2.91. The molecule has 1 aliphatic rings. The zero-order valence-corrected chi connectivity index (χ0v) is 10.9. The SMILES string of the molecule is CC(C)(C)[C@H](NC(=O)NC1(C(F)(F)F)CC1)C(=O)O. The standard InChI is InChI=1S/C11H17F3N2O3/c1-9(2,3)6(7(17)18)15-8(19)16-10(4-5-10)11(12,13)14/h6H,4-5H2,1-3H3,(H,17,18)(H2,15,16,19)/t6-/m1/s1. The average molecular weight is 282 g/mol. The Hall–Kier alpha value is -1.47. The van der Waals surface area contributed by atoms with E-state index in [9.17, 15) is 22.8 Å². The summed E-state index contributed by atoms with van der Waals surface area (Å²) in [7, 11) is 0. The number of nitrogens with one attached hydrogen (secondary N) is 2. The summed E-state index contributed by atoms with van der Waals surface area (Å²) in [6.07, 6.45) is -4.89. The van der Waals surface area contributed by atoms with Gasteiger partial charge in [-0.2, -0.15) is 13.2 Å². The van der Waals surface area contributed by atoms with Crippen molar-refractivity contribution < 1.29 is 27.9 Å². The molecule has 0 aliphatic heterocycles. The number of halogens is 3. The van der Waals surface area contributed by atoms with Crippen molar-refractivity contribution >= 4 is 12.0 Å². The van der Waals surface area contributed by atoms with Crippen LogP contribution in [0.4, 0.5) is 18.0 Å². The first-order chi connectivity index (χ1) is 8.39. The first-order valence-electron chi connectivity index (χ1n) is 5.77. The number of alkyl halides is 3. The highest BCUT2D eigenvalue weighted by Gasteiger charge is 2.64. The lowest BCUT2D eigenvalue weighted by Gasteiger charge is -2.29. The molecular weight excluding hydrogens is 265 g/mol. The quantitative estimate of drug-likeness (QED) is 0.739. The number of carbonyl (C=O) groups excluding carboxylic acids is 1. The molecule has 0 spiro atoms. The number of carboxylic acids is 1. The van der Waals surface area contributed by atoms with E-state index in [0.29, 0.717) is 0 Å². The summed E-state index contributed by atoms with van der Waals surface area (Å²) in [5.41, 5.74) is -3.00. The minimum absolute atomic E-state index is 0.183. The number of carboxylic acid groups (broad SMARTS) is 1. The normalized spacial score (nSPS) is 19.5. The van der Waals surface area contributed by atoms with Crippen LogP contribution in [0, 0.1) is 5.41 Å². The van der Waals surface area contributed by atoms with Crippen LogP contribution in [0.2, 0.25) is 0 Å². The van der Waals surface area contributed by atoms with Gasteiger partial charge in [0.05, 0.1) is 0 Å². The van der Waals surface area contributed by atoms with Gasteiger partial charge in [0.1, 0.15) is 11.6 Å². The number of hydrogen-bond acceptors (Lipinski definition) is 2. The van der Waals surface area contributed by atoms with Crippen LogP contribution in [-0.2, 0) is 4.79 Å². The topological polar surface area (TPSA) is 78.4 Å². The number of rotatable bonds is 3. The Morgan fingerprint density at radius 1 is 1.21 bits per heavy atom. The summed E-state index contributed by atoms with van der Waals surface area (Å²) in [6.45, 7) is 4.72. The van der Waals surface area contributed by atoms with Crippen LogP contribution in [-0.4, -0.2) is 34.9 Å². The smallest absolute Gasteiger partial charge is 0.411 e. The Morgan fingerprint density at radius 3 is 1.95 bits per heavy atom. The molecule has 0 unspecified atom stereocenters. The van der Waals surface area contributed by atoms with Crippen LogP contribution in [0.3, 0.4) is 0 Å². The van der Waals surface area contributed by atoms with E-state index in [1.54, 1.807) is 20.8 Å². The second-order valence-electron chi connectivity index (χ2n) is 5.82. The third-order valence-electron chi connectivity index (χ3n) is 3.03. The Morgan fingerprint density at radius 2 is 1.68 bits per heavy atom. The molecule has 1 aliphatic carbocycles. The van der Waals surface area contributed by atoms with Crippen LogP contribution in [0.1, 0.15) is 33.6 Å². The predicted molar refractivity (Wildman–Crippen MR) is 60.6 cm³/mol. The van der Waals surface area contributed by atoms with Crippen molar-refractivity contribution in [3.8, 4) is 0 Å². The molecule has 0 aromatic heterocycles. The van der Waals surface area contributed by atoms with Crippen molar-refractivity contribution in [2.45, 2.75) is 51.4 Å². The molecule has 0 saturated heterocycles. The van der Waals surface area contributed by atoms with E-state index in [0.717, 1.165) is 0 Å². The molecule has 0 radical (unpaired) electrons. The van der Waals surface area contributed by atoms with Gasteiger partial charge in [-0.15, -0.1) is 0 Å². The Kier molecular flexibility index (Phi) is 3.75. The van der Waals surface area contributed by atoms with Gasteiger partial charge < -0.3 is 15.7 Å². The molecule has 19 heavy (non-hydrogen) atoms. The number of carbonyl (C=O) groups is 2. The van der Waals surface area contributed by atoms with Crippen LogP contribution in [0.25, 0.3) is 0 Å². The zero-order valence-electron chi connectivity index (χ0n) is 10.9. The summed E-state index contributed by atoms with van der Waals surface area (Å²) in [4.78, 5) is 22.5. The molecule has 2 amide bonds. The lowest BCUT2D eigenvalue weighted by molar-refractivity contribution is -0.162. The van der Waals surface area contributed by atoms with Crippen molar-refractivity contribution in [3.05, 3.63) is 0 Å². The fraction of sp³-hybridized carbons (Fsp3) is 0.818. The van der Waals surface area contributed by atoms with Gasteiger partial charge in [0.15, 0.2) is 0 Å². The molecule has 1 fully saturated rings. The third-order valence-corrected chi connectivity index (χ3v) is 3.03. The van der Waals surface area contributed by atoms with Crippen LogP contribution in [0.5, 0.6) is 0 Å². The largest absolute Gasteiger partial charge is 0.480 e. The first-order valence-corrected chi connectivity index (χ1v) is 5.77. The van der Waals surface area contributed by atoms with E-state index in [1.165, 1.54) is 0 Å². The van der Waals surface area contributed by atoms with Crippen molar-refractivity contribution in [2.24, 2.45) is 5.41 Å². The highest BCUT2D eigenvalue weighted by atomic mass is 19.4. The molecule has 3 N–H and O–H groups in total. The van der Waals surface area contributed by atoms with Crippen LogP contribution in [0.15, 0.2) is 0 Å². The van der Waals surface area contributed by atoms with Crippen LogP contribution < -0.4 is 10.6 Å². The Bertz CT molecular complexity index is 384. The van der Waals surface area contributed by atoms with Gasteiger partial charge in [-0.1, -0.05) is 20.8 Å². The van der Waals surface area contributed by atoms with Crippen molar-refractivity contribution in [3.63, 3.8) is 0 Å². The molecule has 5 nitrogen and oxygen atoms in total. The maximum atomic E-state index is 12.6. The Labute approximate surface area is 108 Å². The van der Waals surface area contributed by atoms with E-state index in [2.05, 4.69) is 5.32 Å². The summed E-state index contributed by atoms with van der Waals surface area (Å²) in [5, 5.41) is 12.9. The van der Waals surface area contributed by atoms with Crippen molar-refractivity contribution in [1.29, 1.82) is 0 Å². The molecular formula is C11H17F3N2O3. The third kappa shape index (κ3) is 3.51. The molecule has 110 valence electrons. The van der Waals surface area contributed by atoms with Gasteiger partial charge in [-0.3, -0.25) is 0 Å². The highest BCUT2D eigenvalue weighted by Crippen LogP contribution is 2.48. The summed E-state index contributed by atoms with van der Waals surface area (Å²) in [5.74, 6) is -1.29. The van der Waals surface area contributed by atoms with Gasteiger partial charge in [-0.25, -0.2) is 9.59 Å². The van der Waals surface area contributed by atoms with E-state index in [4.69, 9.17) is 5.11 Å². The molecule has 0 bridgehead atoms. The predicted octanol–water partition coefficient (Wildman–Crippen LogP) is 1.88. The maximum Gasteiger partial charge on any atom is 0.411 e. The summed E-state index contributed by atoms with van der Waals surface area (Å²) >= 11 is 0.